The summed E-state index contributed by atoms with van der Waals surface area (Å²) in [5, 5.41) is 11.7. The Balaban J connectivity index is 2.16. The van der Waals surface area contributed by atoms with Gasteiger partial charge in [0.05, 0.1) is 19.3 Å². The van der Waals surface area contributed by atoms with E-state index in [0.29, 0.717) is 25.3 Å². The van der Waals surface area contributed by atoms with Crippen molar-refractivity contribution in [2.75, 3.05) is 26.8 Å². The molecule has 1 rings (SSSR count). The van der Waals surface area contributed by atoms with E-state index < -0.39 is 0 Å². The number of nitrogens with one attached hydrogen (secondary N) is 1. The lowest BCUT2D eigenvalue weighted by atomic mass is 10.3. The van der Waals surface area contributed by atoms with Gasteiger partial charge in [0, 0.05) is 13.6 Å². The molecule has 112 valence electrons. The highest BCUT2D eigenvalue weighted by atomic mass is 19.1. The topological polar surface area (TPSA) is 61.8 Å². The van der Waals surface area contributed by atoms with Gasteiger partial charge in [0.2, 0.25) is 0 Å². The zero-order valence-electron chi connectivity index (χ0n) is 11.8. The van der Waals surface area contributed by atoms with Crippen LogP contribution in [0.15, 0.2) is 24.3 Å². The maximum Gasteiger partial charge on any atom is 0.317 e. The van der Waals surface area contributed by atoms with Gasteiger partial charge in [-0.1, -0.05) is 0 Å². The zero-order valence-corrected chi connectivity index (χ0v) is 11.8. The monoisotopic (exact) mass is 284 g/mol. The van der Waals surface area contributed by atoms with Crippen LogP contribution < -0.4 is 10.1 Å². The minimum Gasteiger partial charge on any atom is -0.494 e. The molecule has 0 saturated carbocycles. The highest BCUT2D eigenvalue weighted by molar-refractivity contribution is 5.74. The Labute approximate surface area is 118 Å². The lowest BCUT2D eigenvalue weighted by molar-refractivity contribution is 0.157. The zero-order chi connectivity index (χ0) is 15.0. The molecule has 5 nitrogen and oxygen atoms in total. The number of aliphatic hydroxyl groups is 1. The molecule has 0 aliphatic rings. The quantitative estimate of drug-likeness (QED) is 0.748. The van der Waals surface area contributed by atoms with Crippen LogP contribution in [0, 0.1) is 5.82 Å². The number of benzene rings is 1. The fourth-order valence-corrected chi connectivity index (χ4v) is 1.44. The van der Waals surface area contributed by atoms with E-state index in [1.807, 2.05) is 0 Å². The molecule has 0 heterocycles. The van der Waals surface area contributed by atoms with Crippen LogP contribution in [0.4, 0.5) is 9.18 Å². The lowest BCUT2D eigenvalue weighted by Crippen LogP contribution is -2.44. The highest BCUT2D eigenvalue weighted by Gasteiger charge is 2.13. The lowest BCUT2D eigenvalue weighted by Gasteiger charge is -2.23. The van der Waals surface area contributed by atoms with Gasteiger partial charge in [-0.05, 0) is 37.6 Å². The summed E-state index contributed by atoms with van der Waals surface area (Å²) in [6.45, 7) is 2.60. The molecule has 0 bridgehead atoms. The number of hydrogen-bond donors (Lipinski definition) is 2. The Kier molecular flexibility index (Phi) is 6.79. The van der Waals surface area contributed by atoms with E-state index in [1.165, 1.54) is 17.0 Å². The molecule has 0 fully saturated rings. The first-order valence-corrected chi connectivity index (χ1v) is 6.54. The Morgan fingerprint density at radius 2 is 2.10 bits per heavy atom. The number of likely N-dealkylation sites (N-methyl/N-ethyl adjacent to an activating group) is 1. The largest absolute Gasteiger partial charge is 0.494 e. The smallest absolute Gasteiger partial charge is 0.317 e. The molecule has 0 radical (unpaired) electrons. The van der Waals surface area contributed by atoms with Gasteiger partial charge in [0.25, 0.3) is 0 Å². The number of rotatable bonds is 7. The van der Waals surface area contributed by atoms with Crippen molar-refractivity contribution in [3.63, 3.8) is 0 Å². The molecule has 1 aromatic carbocycles. The second kappa shape index (κ2) is 8.37. The van der Waals surface area contributed by atoms with Gasteiger partial charge in [0.1, 0.15) is 11.6 Å². The average Bonchev–Trinajstić information content (AvgIpc) is 2.47. The van der Waals surface area contributed by atoms with Gasteiger partial charge >= 0.3 is 6.03 Å². The van der Waals surface area contributed by atoms with E-state index in [1.54, 1.807) is 26.1 Å². The van der Waals surface area contributed by atoms with Crippen LogP contribution in [0.3, 0.4) is 0 Å². The molecule has 0 aliphatic heterocycles. The number of carbonyl (C=O) groups is 1. The normalized spacial score (nSPS) is 11.8. The van der Waals surface area contributed by atoms with Crippen molar-refractivity contribution >= 4 is 6.03 Å². The van der Waals surface area contributed by atoms with Gasteiger partial charge in [0.15, 0.2) is 0 Å². The molecule has 2 amide bonds. The number of urea groups is 1. The number of aliphatic hydroxyl groups excluding tert-OH is 1. The van der Waals surface area contributed by atoms with Crippen LogP contribution >= 0.6 is 0 Å². The standard InChI is InChI=1S/C14H21FN2O3/c1-11(10-18)17(2)14(19)16-8-3-9-20-13-6-4-12(15)5-7-13/h4-7,11,18H,3,8-10H2,1-2H3,(H,16,19). The average molecular weight is 284 g/mol. The van der Waals surface area contributed by atoms with Crippen LogP contribution in [-0.2, 0) is 0 Å². The summed E-state index contributed by atoms with van der Waals surface area (Å²) in [7, 11) is 1.63. The summed E-state index contributed by atoms with van der Waals surface area (Å²) in [6, 6.07) is 5.35. The van der Waals surface area contributed by atoms with Crippen LogP contribution in [0.25, 0.3) is 0 Å². The van der Waals surface area contributed by atoms with Crippen molar-refractivity contribution in [1.29, 1.82) is 0 Å². The molecular formula is C14H21FN2O3. The fourth-order valence-electron chi connectivity index (χ4n) is 1.44. The molecule has 1 unspecified atom stereocenters. The maximum absolute atomic E-state index is 12.7. The van der Waals surface area contributed by atoms with E-state index in [2.05, 4.69) is 5.32 Å². The van der Waals surface area contributed by atoms with E-state index in [-0.39, 0.29) is 24.5 Å². The van der Waals surface area contributed by atoms with Crippen molar-refractivity contribution in [2.24, 2.45) is 0 Å². The van der Waals surface area contributed by atoms with Crippen LogP contribution in [0.1, 0.15) is 13.3 Å². The molecule has 2 N–H and O–H groups in total. The van der Waals surface area contributed by atoms with Gasteiger partial charge in [-0.3, -0.25) is 0 Å². The summed E-state index contributed by atoms with van der Waals surface area (Å²) >= 11 is 0. The first kappa shape index (κ1) is 16.2. The number of halogens is 1. The summed E-state index contributed by atoms with van der Waals surface area (Å²) in [5.74, 6) is 0.300. The number of nitrogens with zero attached hydrogens (tertiary/aromatic N) is 1. The molecule has 6 heteroatoms. The third-order valence-corrected chi connectivity index (χ3v) is 2.93. The number of carbonyl (C=O) groups excluding carboxylic acids is 1. The second-order valence-electron chi connectivity index (χ2n) is 4.53. The molecule has 0 saturated heterocycles. The Morgan fingerprint density at radius 3 is 2.70 bits per heavy atom. The van der Waals surface area contributed by atoms with Crippen molar-refractivity contribution in [3.8, 4) is 5.75 Å². The van der Waals surface area contributed by atoms with Gasteiger partial charge in [-0.15, -0.1) is 0 Å². The third kappa shape index (κ3) is 5.44. The number of amides is 2. The maximum atomic E-state index is 12.7. The molecule has 0 aliphatic carbocycles. The molecule has 1 atom stereocenters. The predicted molar refractivity (Wildman–Crippen MR) is 74.2 cm³/mol. The molecule has 20 heavy (non-hydrogen) atoms. The van der Waals surface area contributed by atoms with E-state index >= 15 is 0 Å². The Morgan fingerprint density at radius 1 is 1.45 bits per heavy atom. The SMILES string of the molecule is CC(CO)N(C)C(=O)NCCCOc1ccc(F)cc1. The van der Waals surface area contributed by atoms with E-state index in [9.17, 15) is 9.18 Å². The molecular weight excluding hydrogens is 263 g/mol. The van der Waals surface area contributed by atoms with E-state index in [4.69, 9.17) is 9.84 Å². The highest BCUT2D eigenvalue weighted by Crippen LogP contribution is 2.10. The number of ether oxygens (including phenoxy) is 1. The Bertz CT molecular complexity index is 411. The first-order chi connectivity index (χ1) is 9.54. The van der Waals surface area contributed by atoms with Crippen molar-refractivity contribution in [1.82, 2.24) is 10.2 Å². The van der Waals surface area contributed by atoms with Crippen LogP contribution in [0.2, 0.25) is 0 Å². The Hall–Kier alpha value is -1.82. The van der Waals surface area contributed by atoms with E-state index in [0.717, 1.165) is 0 Å². The molecule has 1 aromatic rings. The second-order valence-corrected chi connectivity index (χ2v) is 4.53. The minimum absolute atomic E-state index is 0.0718. The molecule has 0 aromatic heterocycles. The summed E-state index contributed by atoms with van der Waals surface area (Å²) in [6.07, 6.45) is 0.643. The summed E-state index contributed by atoms with van der Waals surface area (Å²) in [4.78, 5) is 13.1. The first-order valence-electron chi connectivity index (χ1n) is 6.54. The molecule has 0 spiro atoms. The van der Waals surface area contributed by atoms with Crippen molar-refractivity contribution in [3.05, 3.63) is 30.1 Å². The fraction of sp³-hybridized carbons (Fsp3) is 0.500. The van der Waals surface area contributed by atoms with Crippen molar-refractivity contribution < 1.29 is 19.0 Å². The number of hydrogen-bond acceptors (Lipinski definition) is 3. The summed E-state index contributed by atoms with van der Waals surface area (Å²) < 4.78 is 18.1. The summed E-state index contributed by atoms with van der Waals surface area (Å²) in [5.41, 5.74) is 0. The van der Waals surface area contributed by atoms with Gasteiger partial charge in [-0.2, -0.15) is 0 Å². The third-order valence-electron chi connectivity index (χ3n) is 2.93. The van der Waals surface area contributed by atoms with Crippen LogP contribution in [-0.4, -0.2) is 48.9 Å². The van der Waals surface area contributed by atoms with Gasteiger partial charge in [-0.25, -0.2) is 9.18 Å². The van der Waals surface area contributed by atoms with Crippen molar-refractivity contribution in [2.45, 2.75) is 19.4 Å². The minimum atomic E-state index is -0.300. The predicted octanol–water partition coefficient (Wildman–Crippen LogP) is 1.62. The van der Waals surface area contributed by atoms with Gasteiger partial charge < -0.3 is 20.1 Å². The van der Waals surface area contributed by atoms with Crippen LogP contribution in [0.5, 0.6) is 5.75 Å².